The largest absolute Gasteiger partial charge is 0.376 e. The number of hydrogen-bond donors (Lipinski definition) is 1. The Morgan fingerprint density at radius 1 is 1.33 bits per heavy atom. The van der Waals surface area contributed by atoms with Crippen LogP contribution in [-0.4, -0.2) is 19.8 Å². The van der Waals surface area contributed by atoms with Crippen LogP contribution < -0.4 is 5.32 Å². The summed E-state index contributed by atoms with van der Waals surface area (Å²) >= 11 is 0. The lowest BCUT2D eigenvalue weighted by Crippen LogP contribution is -2.47. The van der Waals surface area contributed by atoms with Crippen molar-refractivity contribution in [3.63, 3.8) is 0 Å². The van der Waals surface area contributed by atoms with Gasteiger partial charge in [-0.15, -0.1) is 0 Å². The Labute approximate surface area is 111 Å². The first kappa shape index (κ1) is 13.6. The normalized spacial score (nSPS) is 30.1. The molecule has 3 unspecified atom stereocenters. The minimum atomic E-state index is -0.0478. The van der Waals surface area contributed by atoms with Crippen molar-refractivity contribution in [3.05, 3.63) is 35.9 Å². The van der Waals surface area contributed by atoms with E-state index in [2.05, 4.69) is 42.6 Å². The fraction of sp³-hybridized carbons (Fsp3) is 0.625. The Bertz CT molecular complexity index is 365. The molecule has 1 saturated carbocycles. The second kappa shape index (κ2) is 5.85. The summed E-state index contributed by atoms with van der Waals surface area (Å²) in [5.74, 6) is 0.748. The maximum Gasteiger partial charge on any atom is 0.0874 e. The van der Waals surface area contributed by atoms with Crippen molar-refractivity contribution in [1.82, 2.24) is 5.32 Å². The average Bonchev–Trinajstić information content (AvgIpc) is 2.41. The van der Waals surface area contributed by atoms with E-state index < -0.39 is 0 Å². The number of likely N-dealkylation sites (N-methyl/N-ethyl adjacent to an activating group) is 1. The van der Waals surface area contributed by atoms with Crippen molar-refractivity contribution in [1.29, 1.82) is 0 Å². The van der Waals surface area contributed by atoms with Crippen molar-refractivity contribution in [2.45, 2.75) is 44.2 Å². The molecule has 0 bridgehead atoms. The summed E-state index contributed by atoms with van der Waals surface area (Å²) in [6.07, 6.45) is 4.88. The predicted molar refractivity (Wildman–Crippen MR) is 75.6 cm³/mol. The van der Waals surface area contributed by atoms with E-state index in [1.165, 1.54) is 18.4 Å². The lowest BCUT2D eigenvalue weighted by molar-refractivity contribution is -0.0790. The Balaban J connectivity index is 2.29. The molecule has 100 valence electrons. The van der Waals surface area contributed by atoms with Crippen LogP contribution in [0.15, 0.2) is 30.3 Å². The molecule has 0 spiro atoms. The zero-order chi connectivity index (χ0) is 13.0. The van der Waals surface area contributed by atoms with Crippen molar-refractivity contribution in [2.75, 3.05) is 14.2 Å². The molecule has 1 N–H and O–H groups in total. The minimum Gasteiger partial charge on any atom is -0.376 e. The van der Waals surface area contributed by atoms with Gasteiger partial charge in [0.05, 0.1) is 11.6 Å². The molecule has 0 saturated heterocycles. The minimum absolute atomic E-state index is 0.0478. The molecule has 2 heteroatoms. The van der Waals surface area contributed by atoms with Gasteiger partial charge in [-0.25, -0.2) is 0 Å². The highest BCUT2D eigenvalue weighted by Gasteiger charge is 2.42. The van der Waals surface area contributed by atoms with Gasteiger partial charge in [-0.2, -0.15) is 0 Å². The van der Waals surface area contributed by atoms with Crippen LogP contribution in [0.5, 0.6) is 0 Å². The molecule has 0 heterocycles. The second-order valence-electron chi connectivity index (χ2n) is 5.60. The molecule has 1 aromatic rings. The van der Waals surface area contributed by atoms with Crippen LogP contribution in [0, 0.1) is 5.92 Å². The van der Waals surface area contributed by atoms with E-state index in [0.29, 0.717) is 0 Å². The zero-order valence-electron chi connectivity index (χ0n) is 11.8. The summed E-state index contributed by atoms with van der Waals surface area (Å²) in [4.78, 5) is 0. The molecule has 0 aromatic heterocycles. The smallest absolute Gasteiger partial charge is 0.0874 e. The number of nitrogens with one attached hydrogen (secondary N) is 1. The summed E-state index contributed by atoms with van der Waals surface area (Å²) in [5, 5.41) is 3.48. The quantitative estimate of drug-likeness (QED) is 0.878. The molecule has 0 aliphatic heterocycles. The van der Waals surface area contributed by atoms with E-state index >= 15 is 0 Å². The van der Waals surface area contributed by atoms with Gasteiger partial charge in [0.15, 0.2) is 0 Å². The highest BCUT2D eigenvalue weighted by molar-refractivity contribution is 5.23. The Morgan fingerprint density at radius 2 is 2.06 bits per heavy atom. The Morgan fingerprint density at radius 3 is 2.61 bits per heavy atom. The lowest BCUT2D eigenvalue weighted by atomic mass is 9.73. The molecule has 2 rings (SSSR count). The van der Waals surface area contributed by atoms with Gasteiger partial charge in [0.1, 0.15) is 0 Å². The van der Waals surface area contributed by atoms with Crippen LogP contribution in [0.1, 0.15) is 44.2 Å². The molecule has 1 aromatic carbocycles. The third-order valence-corrected chi connectivity index (χ3v) is 4.35. The van der Waals surface area contributed by atoms with E-state index in [4.69, 9.17) is 4.74 Å². The SMILES string of the molecule is CNC(c1ccccc1)C1(OC)CCCC(C)C1. The number of methoxy groups -OCH3 is 1. The topological polar surface area (TPSA) is 21.3 Å². The average molecular weight is 247 g/mol. The Hall–Kier alpha value is -0.860. The van der Waals surface area contributed by atoms with Crippen LogP contribution in [0.2, 0.25) is 0 Å². The van der Waals surface area contributed by atoms with Gasteiger partial charge in [-0.3, -0.25) is 0 Å². The lowest BCUT2D eigenvalue weighted by Gasteiger charge is -2.44. The van der Waals surface area contributed by atoms with Crippen LogP contribution in [0.25, 0.3) is 0 Å². The second-order valence-corrected chi connectivity index (χ2v) is 5.60. The first-order valence-corrected chi connectivity index (χ1v) is 6.99. The first-order chi connectivity index (χ1) is 8.72. The number of rotatable bonds is 4. The molecule has 0 radical (unpaired) electrons. The Kier molecular flexibility index (Phi) is 4.41. The van der Waals surface area contributed by atoms with E-state index in [0.717, 1.165) is 18.8 Å². The number of hydrogen-bond acceptors (Lipinski definition) is 2. The predicted octanol–water partition coefficient (Wildman–Crippen LogP) is 3.54. The molecule has 2 nitrogen and oxygen atoms in total. The first-order valence-electron chi connectivity index (χ1n) is 6.99. The summed E-state index contributed by atoms with van der Waals surface area (Å²) in [5.41, 5.74) is 1.28. The summed E-state index contributed by atoms with van der Waals surface area (Å²) in [7, 11) is 3.91. The van der Waals surface area contributed by atoms with Gasteiger partial charge in [-0.05, 0) is 31.4 Å². The van der Waals surface area contributed by atoms with Crippen LogP contribution in [-0.2, 0) is 4.74 Å². The van der Waals surface area contributed by atoms with E-state index in [1.54, 1.807) is 0 Å². The van der Waals surface area contributed by atoms with Gasteiger partial charge < -0.3 is 10.1 Å². The third kappa shape index (κ3) is 2.60. The van der Waals surface area contributed by atoms with Crippen LogP contribution in [0.4, 0.5) is 0 Å². The van der Waals surface area contributed by atoms with E-state index in [9.17, 15) is 0 Å². The zero-order valence-corrected chi connectivity index (χ0v) is 11.8. The van der Waals surface area contributed by atoms with Crippen LogP contribution >= 0.6 is 0 Å². The fourth-order valence-corrected chi connectivity index (χ4v) is 3.49. The molecular weight excluding hydrogens is 222 g/mol. The van der Waals surface area contributed by atoms with E-state index in [-0.39, 0.29) is 11.6 Å². The van der Waals surface area contributed by atoms with Gasteiger partial charge in [-0.1, -0.05) is 50.1 Å². The van der Waals surface area contributed by atoms with Gasteiger partial charge in [0, 0.05) is 7.11 Å². The molecule has 0 amide bonds. The molecule has 3 atom stereocenters. The molecule has 1 aliphatic carbocycles. The monoisotopic (exact) mass is 247 g/mol. The maximum atomic E-state index is 5.99. The maximum absolute atomic E-state index is 5.99. The molecule has 1 aliphatic rings. The molecule has 1 fully saturated rings. The molecule has 18 heavy (non-hydrogen) atoms. The summed E-state index contributed by atoms with van der Waals surface area (Å²) < 4.78 is 5.99. The fourth-order valence-electron chi connectivity index (χ4n) is 3.49. The van der Waals surface area contributed by atoms with Crippen molar-refractivity contribution >= 4 is 0 Å². The molecular formula is C16H25NO. The van der Waals surface area contributed by atoms with Crippen molar-refractivity contribution in [2.24, 2.45) is 5.92 Å². The number of ether oxygens (including phenoxy) is 1. The van der Waals surface area contributed by atoms with Crippen molar-refractivity contribution in [3.8, 4) is 0 Å². The highest BCUT2D eigenvalue weighted by Crippen LogP contribution is 2.43. The summed E-state index contributed by atoms with van der Waals surface area (Å²) in [6.45, 7) is 2.34. The van der Waals surface area contributed by atoms with E-state index in [1.807, 2.05) is 14.2 Å². The van der Waals surface area contributed by atoms with Gasteiger partial charge in [0.2, 0.25) is 0 Å². The van der Waals surface area contributed by atoms with Gasteiger partial charge >= 0.3 is 0 Å². The van der Waals surface area contributed by atoms with Crippen LogP contribution in [0.3, 0.4) is 0 Å². The standard InChI is InChI=1S/C16H25NO/c1-13-8-7-11-16(12-13,18-3)15(17-2)14-9-5-4-6-10-14/h4-6,9-10,13,15,17H,7-8,11-12H2,1-3H3. The number of benzene rings is 1. The highest BCUT2D eigenvalue weighted by atomic mass is 16.5. The third-order valence-electron chi connectivity index (χ3n) is 4.35. The summed E-state index contributed by atoms with van der Waals surface area (Å²) in [6, 6.07) is 11.0. The van der Waals surface area contributed by atoms with Gasteiger partial charge in [0.25, 0.3) is 0 Å². The van der Waals surface area contributed by atoms with Crippen molar-refractivity contribution < 1.29 is 4.74 Å².